The van der Waals surface area contributed by atoms with E-state index in [1.54, 1.807) is 29.2 Å². The van der Waals surface area contributed by atoms with Crippen LogP contribution in [-0.2, 0) is 16.0 Å². The molecule has 0 aliphatic carbocycles. The van der Waals surface area contributed by atoms with E-state index in [0.29, 0.717) is 17.3 Å². The van der Waals surface area contributed by atoms with Gasteiger partial charge in [0.15, 0.2) is 0 Å². The molecule has 0 aliphatic rings. The van der Waals surface area contributed by atoms with Crippen molar-refractivity contribution >= 4 is 34.8 Å². The lowest BCUT2D eigenvalue weighted by Crippen LogP contribution is -2.33. The number of rotatable bonds is 6. The molecule has 5 heteroatoms. The molecule has 0 radical (unpaired) electrons. The third-order valence-electron chi connectivity index (χ3n) is 4.04. The molecule has 2 rings (SSSR count). The van der Waals surface area contributed by atoms with E-state index >= 15 is 0 Å². The maximum absolute atomic E-state index is 12.2. The van der Waals surface area contributed by atoms with Crippen molar-refractivity contribution in [3.8, 4) is 0 Å². The standard InChI is InChI=1S/C20H23ClN2O2/c1-4-16-7-5-6-14(2)20(16)23(15(3)24)13-12-19(25)22-18-10-8-17(21)9-11-18/h5-11H,4,12-13H2,1-3H3,(H,22,25). The fraction of sp³-hybridized carbons (Fsp3) is 0.300. The van der Waals surface area contributed by atoms with Gasteiger partial charge < -0.3 is 10.2 Å². The maximum Gasteiger partial charge on any atom is 0.226 e. The Balaban J connectivity index is 2.09. The monoisotopic (exact) mass is 358 g/mol. The molecule has 132 valence electrons. The molecule has 1 N–H and O–H groups in total. The van der Waals surface area contributed by atoms with E-state index in [-0.39, 0.29) is 18.2 Å². The number of halogens is 1. The first-order valence-electron chi connectivity index (χ1n) is 8.34. The van der Waals surface area contributed by atoms with Crippen molar-refractivity contribution < 1.29 is 9.59 Å². The maximum atomic E-state index is 12.2. The lowest BCUT2D eigenvalue weighted by atomic mass is 10.0. The summed E-state index contributed by atoms with van der Waals surface area (Å²) in [4.78, 5) is 26.1. The second kappa shape index (κ2) is 8.67. The van der Waals surface area contributed by atoms with Crippen LogP contribution in [-0.4, -0.2) is 18.4 Å². The Labute approximate surface area is 153 Å². The average Bonchev–Trinajstić information content (AvgIpc) is 2.58. The van der Waals surface area contributed by atoms with Gasteiger partial charge in [-0.3, -0.25) is 9.59 Å². The molecule has 0 aliphatic heterocycles. The summed E-state index contributed by atoms with van der Waals surface area (Å²) < 4.78 is 0. The summed E-state index contributed by atoms with van der Waals surface area (Å²) in [5, 5.41) is 3.44. The van der Waals surface area contributed by atoms with E-state index in [1.165, 1.54) is 6.92 Å². The fourth-order valence-corrected chi connectivity index (χ4v) is 2.91. The molecule has 0 saturated carbocycles. The average molecular weight is 359 g/mol. The third-order valence-corrected chi connectivity index (χ3v) is 4.29. The summed E-state index contributed by atoms with van der Waals surface area (Å²) in [6, 6.07) is 12.9. The van der Waals surface area contributed by atoms with Crippen LogP contribution in [0.1, 0.15) is 31.4 Å². The smallest absolute Gasteiger partial charge is 0.226 e. The zero-order valence-corrected chi connectivity index (χ0v) is 15.6. The first kappa shape index (κ1) is 19.0. The molecule has 0 atom stereocenters. The molecule has 0 spiro atoms. The van der Waals surface area contributed by atoms with Gasteiger partial charge in [-0.2, -0.15) is 0 Å². The number of para-hydroxylation sites is 1. The van der Waals surface area contributed by atoms with Gasteiger partial charge in [0.25, 0.3) is 0 Å². The summed E-state index contributed by atoms with van der Waals surface area (Å²) in [5.41, 5.74) is 3.74. The summed E-state index contributed by atoms with van der Waals surface area (Å²) >= 11 is 5.84. The van der Waals surface area contributed by atoms with Crippen molar-refractivity contribution in [1.29, 1.82) is 0 Å². The van der Waals surface area contributed by atoms with Crippen molar-refractivity contribution in [3.63, 3.8) is 0 Å². The Hall–Kier alpha value is -2.33. The van der Waals surface area contributed by atoms with Crippen molar-refractivity contribution in [2.75, 3.05) is 16.8 Å². The van der Waals surface area contributed by atoms with Gasteiger partial charge >= 0.3 is 0 Å². The molecule has 2 aromatic rings. The number of nitrogens with zero attached hydrogens (tertiary/aromatic N) is 1. The molecule has 2 amide bonds. The largest absolute Gasteiger partial charge is 0.326 e. The molecule has 0 aromatic heterocycles. The topological polar surface area (TPSA) is 49.4 Å². The van der Waals surface area contributed by atoms with Crippen LogP contribution >= 0.6 is 11.6 Å². The number of carbonyl (C=O) groups excluding carboxylic acids is 2. The second-order valence-electron chi connectivity index (χ2n) is 5.91. The van der Waals surface area contributed by atoms with Crippen LogP contribution in [0.3, 0.4) is 0 Å². The highest BCUT2D eigenvalue weighted by atomic mass is 35.5. The highest BCUT2D eigenvalue weighted by Crippen LogP contribution is 2.26. The van der Waals surface area contributed by atoms with Gasteiger partial charge in [-0.1, -0.05) is 36.7 Å². The number of anilines is 2. The summed E-state index contributed by atoms with van der Waals surface area (Å²) in [7, 11) is 0. The highest BCUT2D eigenvalue weighted by molar-refractivity contribution is 6.30. The first-order chi connectivity index (χ1) is 11.9. The Morgan fingerprint density at radius 1 is 1.12 bits per heavy atom. The number of hydrogen-bond acceptors (Lipinski definition) is 2. The minimum atomic E-state index is -0.139. The molecular formula is C20H23ClN2O2. The molecule has 0 saturated heterocycles. The van der Waals surface area contributed by atoms with E-state index in [0.717, 1.165) is 23.2 Å². The Kier molecular flexibility index (Phi) is 6.59. The molecule has 25 heavy (non-hydrogen) atoms. The predicted octanol–water partition coefficient (Wildman–Crippen LogP) is 4.59. The minimum absolute atomic E-state index is 0.0664. The van der Waals surface area contributed by atoms with E-state index in [1.807, 2.05) is 25.1 Å². The van der Waals surface area contributed by atoms with E-state index in [9.17, 15) is 9.59 Å². The van der Waals surface area contributed by atoms with Crippen LogP contribution in [0.15, 0.2) is 42.5 Å². The highest BCUT2D eigenvalue weighted by Gasteiger charge is 2.18. The minimum Gasteiger partial charge on any atom is -0.326 e. The molecule has 0 heterocycles. The van der Waals surface area contributed by atoms with Gasteiger partial charge in [0, 0.05) is 36.3 Å². The number of benzene rings is 2. The molecule has 0 fully saturated rings. The number of amides is 2. The number of hydrogen-bond donors (Lipinski definition) is 1. The van der Waals surface area contributed by atoms with Crippen molar-refractivity contribution in [3.05, 3.63) is 58.6 Å². The van der Waals surface area contributed by atoms with E-state index < -0.39 is 0 Å². The van der Waals surface area contributed by atoms with Gasteiger partial charge in [-0.25, -0.2) is 0 Å². The molecule has 0 unspecified atom stereocenters. The Morgan fingerprint density at radius 3 is 2.40 bits per heavy atom. The summed E-state index contributed by atoms with van der Waals surface area (Å²) in [6.45, 7) is 5.91. The molecule has 2 aromatic carbocycles. The van der Waals surface area contributed by atoms with Crippen molar-refractivity contribution in [2.45, 2.75) is 33.6 Å². The number of aryl methyl sites for hydroxylation is 2. The van der Waals surface area contributed by atoms with Crippen LogP contribution in [0.4, 0.5) is 11.4 Å². The fourth-order valence-electron chi connectivity index (χ4n) is 2.79. The van der Waals surface area contributed by atoms with Crippen molar-refractivity contribution in [2.24, 2.45) is 0 Å². The normalized spacial score (nSPS) is 10.4. The predicted molar refractivity (Wildman–Crippen MR) is 103 cm³/mol. The molecular weight excluding hydrogens is 336 g/mol. The van der Waals surface area contributed by atoms with Gasteiger partial charge in [0.1, 0.15) is 0 Å². The van der Waals surface area contributed by atoms with E-state index in [2.05, 4.69) is 12.2 Å². The second-order valence-corrected chi connectivity index (χ2v) is 6.35. The third kappa shape index (κ3) is 5.07. The van der Waals surface area contributed by atoms with E-state index in [4.69, 9.17) is 11.6 Å². The van der Waals surface area contributed by atoms with Crippen LogP contribution in [0.25, 0.3) is 0 Å². The Morgan fingerprint density at radius 2 is 1.80 bits per heavy atom. The molecule has 0 bridgehead atoms. The van der Waals surface area contributed by atoms with Crippen LogP contribution in [0, 0.1) is 6.92 Å². The number of nitrogens with one attached hydrogen (secondary N) is 1. The Bertz CT molecular complexity index is 757. The SMILES string of the molecule is CCc1cccc(C)c1N(CCC(=O)Nc1ccc(Cl)cc1)C(C)=O. The van der Waals surface area contributed by atoms with Gasteiger partial charge in [0.2, 0.25) is 11.8 Å². The van der Waals surface area contributed by atoms with Gasteiger partial charge in [-0.05, 0) is 48.7 Å². The quantitative estimate of drug-likeness (QED) is 0.820. The van der Waals surface area contributed by atoms with Crippen LogP contribution < -0.4 is 10.2 Å². The molecule has 4 nitrogen and oxygen atoms in total. The lowest BCUT2D eigenvalue weighted by molar-refractivity contribution is -0.117. The van der Waals surface area contributed by atoms with Crippen LogP contribution in [0.2, 0.25) is 5.02 Å². The van der Waals surface area contributed by atoms with Gasteiger partial charge in [0.05, 0.1) is 0 Å². The first-order valence-corrected chi connectivity index (χ1v) is 8.72. The van der Waals surface area contributed by atoms with Crippen molar-refractivity contribution in [1.82, 2.24) is 0 Å². The lowest BCUT2D eigenvalue weighted by Gasteiger charge is -2.25. The van der Waals surface area contributed by atoms with Gasteiger partial charge in [-0.15, -0.1) is 0 Å². The zero-order valence-electron chi connectivity index (χ0n) is 14.8. The van der Waals surface area contributed by atoms with Crippen LogP contribution in [0.5, 0.6) is 0 Å². The summed E-state index contributed by atoms with van der Waals surface area (Å²) in [6.07, 6.45) is 1.05. The summed E-state index contributed by atoms with van der Waals surface area (Å²) in [5.74, 6) is -0.205. The number of carbonyl (C=O) groups is 2. The zero-order chi connectivity index (χ0) is 18.4.